The standard InChI is InChI=1S/C16H25ClN2/c1-11(2)18-8-14-5-6-16(15(17)7-14)19-9-12(3)13(4)10-19/h5-7,11-13,18H,8-10H2,1-4H3. The quantitative estimate of drug-likeness (QED) is 0.899. The van der Waals surface area contributed by atoms with Gasteiger partial charge in [-0.05, 0) is 29.5 Å². The predicted molar refractivity (Wildman–Crippen MR) is 84.0 cm³/mol. The van der Waals surface area contributed by atoms with Crippen LogP contribution in [0.3, 0.4) is 0 Å². The van der Waals surface area contributed by atoms with Gasteiger partial charge in [-0.15, -0.1) is 0 Å². The zero-order chi connectivity index (χ0) is 14.0. The Kier molecular flexibility index (Phi) is 4.75. The van der Waals surface area contributed by atoms with Gasteiger partial charge in [0, 0.05) is 25.7 Å². The van der Waals surface area contributed by atoms with Crippen LogP contribution in [0.15, 0.2) is 18.2 Å². The summed E-state index contributed by atoms with van der Waals surface area (Å²) in [5, 5.41) is 4.30. The monoisotopic (exact) mass is 280 g/mol. The van der Waals surface area contributed by atoms with Crippen molar-refractivity contribution in [3.8, 4) is 0 Å². The first kappa shape index (κ1) is 14.7. The van der Waals surface area contributed by atoms with Gasteiger partial charge in [-0.25, -0.2) is 0 Å². The molecular weight excluding hydrogens is 256 g/mol. The molecule has 0 amide bonds. The second-order valence-corrected chi connectivity index (χ2v) is 6.59. The summed E-state index contributed by atoms with van der Waals surface area (Å²) in [7, 11) is 0. The fourth-order valence-electron chi connectivity index (χ4n) is 2.57. The molecule has 2 nitrogen and oxygen atoms in total. The normalized spacial score (nSPS) is 23.4. The highest BCUT2D eigenvalue weighted by molar-refractivity contribution is 6.33. The van der Waals surface area contributed by atoms with E-state index < -0.39 is 0 Å². The van der Waals surface area contributed by atoms with Crippen LogP contribution >= 0.6 is 11.6 Å². The number of anilines is 1. The van der Waals surface area contributed by atoms with Crippen LogP contribution in [-0.2, 0) is 6.54 Å². The third-order valence-corrected chi connectivity index (χ3v) is 4.36. The van der Waals surface area contributed by atoms with Crippen LogP contribution in [0.2, 0.25) is 5.02 Å². The lowest BCUT2D eigenvalue weighted by atomic mass is 10.0. The molecule has 0 radical (unpaired) electrons. The summed E-state index contributed by atoms with van der Waals surface area (Å²) in [5.74, 6) is 1.50. The molecule has 1 aromatic carbocycles. The van der Waals surface area contributed by atoms with Crippen molar-refractivity contribution in [2.45, 2.75) is 40.3 Å². The Morgan fingerprint density at radius 2 is 1.89 bits per heavy atom. The average molecular weight is 281 g/mol. The van der Waals surface area contributed by atoms with Crippen molar-refractivity contribution in [3.63, 3.8) is 0 Å². The van der Waals surface area contributed by atoms with Crippen LogP contribution in [0.5, 0.6) is 0 Å². The molecule has 19 heavy (non-hydrogen) atoms. The Balaban J connectivity index is 2.07. The van der Waals surface area contributed by atoms with E-state index in [1.165, 1.54) is 11.3 Å². The van der Waals surface area contributed by atoms with Crippen molar-refractivity contribution in [1.82, 2.24) is 5.32 Å². The van der Waals surface area contributed by atoms with Crippen LogP contribution in [0, 0.1) is 11.8 Å². The minimum atomic E-state index is 0.499. The van der Waals surface area contributed by atoms with Crippen molar-refractivity contribution < 1.29 is 0 Å². The van der Waals surface area contributed by atoms with Crippen molar-refractivity contribution in [2.24, 2.45) is 11.8 Å². The maximum atomic E-state index is 6.45. The van der Waals surface area contributed by atoms with Gasteiger partial charge in [0.2, 0.25) is 0 Å². The van der Waals surface area contributed by atoms with Gasteiger partial charge < -0.3 is 10.2 Å². The lowest BCUT2D eigenvalue weighted by molar-refractivity contribution is 0.494. The minimum absolute atomic E-state index is 0.499. The lowest BCUT2D eigenvalue weighted by Crippen LogP contribution is -2.22. The fraction of sp³-hybridized carbons (Fsp3) is 0.625. The molecule has 2 unspecified atom stereocenters. The maximum absolute atomic E-state index is 6.45. The molecule has 1 saturated heterocycles. The predicted octanol–water partition coefficient (Wildman–Crippen LogP) is 3.93. The van der Waals surface area contributed by atoms with Crippen LogP contribution in [0.4, 0.5) is 5.69 Å². The van der Waals surface area contributed by atoms with Crippen LogP contribution < -0.4 is 10.2 Å². The third-order valence-electron chi connectivity index (χ3n) is 4.06. The summed E-state index contributed by atoms with van der Waals surface area (Å²) in [6.45, 7) is 12.1. The van der Waals surface area contributed by atoms with Crippen molar-refractivity contribution >= 4 is 17.3 Å². The van der Waals surface area contributed by atoms with Gasteiger partial charge in [0.25, 0.3) is 0 Å². The Bertz CT molecular complexity index is 421. The number of nitrogens with one attached hydrogen (secondary N) is 1. The summed E-state index contributed by atoms with van der Waals surface area (Å²) in [4.78, 5) is 2.41. The molecule has 0 bridgehead atoms. The second kappa shape index (κ2) is 6.15. The highest BCUT2D eigenvalue weighted by Gasteiger charge is 2.27. The molecule has 0 aromatic heterocycles. The van der Waals surface area contributed by atoms with Gasteiger partial charge in [-0.3, -0.25) is 0 Å². The number of rotatable bonds is 4. The van der Waals surface area contributed by atoms with Crippen LogP contribution in [-0.4, -0.2) is 19.1 Å². The fourth-order valence-corrected chi connectivity index (χ4v) is 2.89. The topological polar surface area (TPSA) is 15.3 Å². The summed E-state index contributed by atoms with van der Waals surface area (Å²) in [5.41, 5.74) is 2.44. The second-order valence-electron chi connectivity index (χ2n) is 6.18. The van der Waals surface area contributed by atoms with Crippen molar-refractivity contribution in [3.05, 3.63) is 28.8 Å². The maximum Gasteiger partial charge on any atom is 0.0642 e. The van der Waals surface area contributed by atoms with E-state index in [0.29, 0.717) is 6.04 Å². The molecular formula is C16H25ClN2. The molecule has 2 atom stereocenters. The van der Waals surface area contributed by atoms with E-state index in [1.807, 2.05) is 0 Å². The first-order valence-corrected chi connectivity index (χ1v) is 7.62. The summed E-state index contributed by atoms with van der Waals surface area (Å²) in [6, 6.07) is 6.95. The van der Waals surface area contributed by atoms with Gasteiger partial charge in [0.15, 0.2) is 0 Å². The highest BCUT2D eigenvalue weighted by atomic mass is 35.5. The Hall–Kier alpha value is -0.730. The molecule has 2 rings (SSSR count). The summed E-state index contributed by atoms with van der Waals surface area (Å²) >= 11 is 6.45. The average Bonchev–Trinajstić information content (AvgIpc) is 2.67. The van der Waals surface area contributed by atoms with Crippen LogP contribution in [0.1, 0.15) is 33.3 Å². The molecule has 0 saturated carbocycles. The van der Waals surface area contributed by atoms with Crippen LogP contribution in [0.25, 0.3) is 0 Å². The zero-order valence-electron chi connectivity index (χ0n) is 12.4. The summed E-state index contributed by atoms with van der Waals surface area (Å²) < 4.78 is 0. The Labute approximate surface area is 122 Å². The van der Waals surface area contributed by atoms with Gasteiger partial charge in [0.05, 0.1) is 10.7 Å². The van der Waals surface area contributed by atoms with E-state index in [2.05, 4.69) is 56.1 Å². The number of benzene rings is 1. The zero-order valence-corrected chi connectivity index (χ0v) is 13.2. The van der Waals surface area contributed by atoms with E-state index in [4.69, 9.17) is 11.6 Å². The molecule has 0 spiro atoms. The van der Waals surface area contributed by atoms with Gasteiger partial charge in [0.1, 0.15) is 0 Å². The van der Waals surface area contributed by atoms with Crippen molar-refractivity contribution in [2.75, 3.05) is 18.0 Å². The Morgan fingerprint density at radius 1 is 1.26 bits per heavy atom. The van der Waals surface area contributed by atoms with Gasteiger partial charge >= 0.3 is 0 Å². The summed E-state index contributed by atoms with van der Waals surface area (Å²) in [6.07, 6.45) is 0. The molecule has 106 valence electrons. The van der Waals surface area contributed by atoms with E-state index in [-0.39, 0.29) is 0 Å². The highest BCUT2D eigenvalue weighted by Crippen LogP contribution is 2.33. The van der Waals surface area contributed by atoms with E-state index in [0.717, 1.165) is 36.5 Å². The van der Waals surface area contributed by atoms with Gasteiger partial charge in [-0.1, -0.05) is 45.4 Å². The molecule has 1 heterocycles. The van der Waals surface area contributed by atoms with E-state index >= 15 is 0 Å². The molecule has 1 aliphatic rings. The SMILES string of the molecule is CC(C)NCc1ccc(N2CC(C)C(C)C2)c(Cl)c1. The molecule has 1 aliphatic heterocycles. The first-order valence-electron chi connectivity index (χ1n) is 7.24. The van der Waals surface area contributed by atoms with E-state index in [1.54, 1.807) is 0 Å². The lowest BCUT2D eigenvalue weighted by Gasteiger charge is -2.20. The van der Waals surface area contributed by atoms with Crippen molar-refractivity contribution in [1.29, 1.82) is 0 Å². The Morgan fingerprint density at radius 3 is 2.42 bits per heavy atom. The molecule has 1 aromatic rings. The third kappa shape index (κ3) is 3.64. The largest absolute Gasteiger partial charge is 0.370 e. The minimum Gasteiger partial charge on any atom is -0.370 e. The number of nitrogens with zero attached hydrogens (tertiary/aromatic N) is 1. The number of hydrogen-bond acceptors (Lipinski definition) is 2. The molecule has 1 fully saturated rings. The smallest absolute Gasteiger partial charge is 0.0642 e. The molecule has 3 heteroatoms. The first-order chi connectivity index (χ1) is 8.97. The van der Waals surface area contributed by atoms with E-state index in [9.17, 15) is 0 Å². The molecule has 0 aliphatic carbocycles. The number of hydrogen-bond donors (Lipinski definition) is 1. The number of halogens is 1. The molecule has 1 N–H and O–H groups in total. The van der Waals surface area contributed by atoms with Gasteiger partial charge in [-0.2, -0.15) is 0 Å².